The van der Waals surface area contributed by atoms with Gasteiger partial charge in [0.25, 0.3) is 0 Å². The molecule has 0 aliphatic carbocycles. The second kappa shape index (κ2) is 8.99. The Balaban J connectivity index is 1.32. The maximum absolute atomic E-state index is 11.2. The van der Waals surface area contributed by atoms with Gasteiger partial charge in [-0.05, 0) is 46.7 Å². The van der Waals surface area contributed by atoms with Crippen LogP contribution in [0.1, 0.15) is 16.1 Å². The molecule has 0 atom stereocenters. The van der Waals surface area contributed by atoms with Gasteiger partial charge in [0, 0.05) is 5.56 Å². The van der Waals surface area contributed by atoms with E-state index >= 15 is 0 Å². The maximum Gasteiger partial charge on any atom is 0.335 e. The predicted octanol–water partition coefficient (Wildman–Crippen LogP) is 3.24. The number of phenols is 2. The van der Waals surface area contributed by atoms with Crippen LogP contribution in [0.2, 0.25) is 0 Å². The molecule has 0 saturated heterocycles. The van der Waals surface area contributed by atoms with Gasteiger partial charge in [-0.15, -0.1) is 0 Å². The van der Waals surface area contributed by atoms with Crippen LogP contribution >= 0.6 is 0 Å². The number of benzene rings is 2. The van der Waals surface area contributed by atoms with Crippen LogP contribution < -0.4 is 16.2 Å². The van der Waals surface area contributed by atoms with Crippen molar-refractivity contribution >= 4 is 34.6 Å². The van der Waals surface area contributed by atoms with E-state index in [4.69, 9.17) is 4.42 Å². The smallest absolute Gasteiger partial charge is 0.335 e. The van der Waals surface area contributed by atoms with Crippen LogP contribution in [0.15, 0.2) is 63.6 Å². The number of hydrogen-bond acceptors (Lipinski definition) is 12. The van der Waals surface area contributed by atoms with Gasteiger partial charge in [-0.3, -0.25) is 0 Å². The number of furan rings is 1. The first-order chi connectivity index (χ1) is 17.0. The summed E-state index contributed by atoms with van der Waals surface area (Å²) < 4.78 is 10.5. The number of hydrogen-bond donors (Lipinski definition) is 6. The third-order valence-corrected chi connectivity index (χ3v) is 4.91. The molecule has 5 rings (SSSR count). The number of aromatic hydroxyl groups is 2. The predicted molar refractivity (Wildman–Crippen MR) is 122 cm³/mol. The standard InChI is InChI=1S/C22H17N7O6/c30-15-6-2-5-14(17(15)31)24-18-19(26-21-20(25-18)28-35-29-21)27-23-10-13-7-8-16(34-13)11-3-1-4-12(9-11)22(32)33/h1-9,23,30-31H,10H2,(H,32,33)(H,24,25,28)(H,26,27,29). The fraction of sp³-hybridized carbons (Fsp3) is 0.0455. The number of carbonyl (C=O) groups is 1. The number of aromatic carboxylic acids is 1. The number of para-hydroxylation sites is 1. The first kappa shape index (κ1) is 21.7. The number of carboxylic acids is 1. The second-order valence-electron chi connectivity index (χ2n) is 7.26. The van der Waals surface area contributed by atoms with Gasteiger partial charge in [0.1, 0.15) is 11.5 Å². The Labute approximate surface area is 196 Å². The SMILES string of the molecule is O=C(O)c1cccc(-c2ccc(CNNc3nc4nonc4nc3Nc3cccc(O)c3O)o2)c1. The Morgan fingerprint density at radius 3 is 2.51 bits per heavy atom. The van der Waals surface area contributed by atoms with E-state index < -0.39 is 5.97 Å². The number of rotatable bonds is 8. The summed E-state index contributed by atoms with van der Waals surface area (Å²) in [6.07, 6.45) is 0. The average molecular weight is 475 g/mol. The largest absolute Gasteiger partial charge is 0.504 e. The molecule has 35 heavy (non-hydrogen) atoms. The van der Waals surface area contributed by atoms with E-state index in [-0.39, 0.29) is 52.2 Å². The van der Waals surface area contributed by atoms with Gasteiger partial charge in [0.05, 0.1) is 17.8 Å². The van der Waals surface area contributed by atoms with E-state index in [0.29, 0.717) is 17.1 Å². The molecule has 0 spiro atoms. The summed E-state index contributed by atoms with van der Waals surface area (Å²) in [6, 6.07) is 14.4. The van der Waals surface area contributed by atoms with E-state index in [1.165, 1.54) is 18.2 Å². The fourth-order valence-corrected chi connectivity index (χ4v) is 3.22. The molecule has 3 heterocycles. The van der Waals surface area contributed by atoms with Gasteiger partial charge in [-0.1, -0.05) is 18.2 Å². The van der Waals surface area contributed by atoms with E-state index in [0.717, 1.165) is 0 Å². The minimum Gasteiger partial charge on any atom is -0.504 e. The highest BCUT2D eigenvalue weighted by Gasteiger charge is 2.16. The fourth-order valence-electron chi connectivity index (χ4n) is 3.22. The minimum absolute atomic E-state index is 0.136. The molecular formula is C22H17N7O6. The minimum atomic E-state index is -1.02. The molecule has 0 radical (unpaired) electrons. The molecule has 13 heteroatoms. The van der Waals surface area contributed by atoms with Gasteiger partial charge in [0.2, 0.25) is 11.3 Å². The summed E-state index contributed by atoms with van der Waals surface area (Å²) in [5.41, 5.74) is 7.12. The van der Waals surface area contributed by atoms with Crippen LogP contribution in [-0.2, 0) is 6.54 Å². The number of fused-ring (bicyclic) bond motifs is 1. The number of nitrogens with zero attached hydrogens (tertiary/aromatic N) is 4. The quantitative estimate of drug-likeness (QED) is 0.142. The molecule has 0 unspecified atom stereocenters. The van der Waals surface area contributed by atoms with Gasteiger partial charge < -0.3 is 30.5 Å². The summed E-state index contributed by atoms with van der Waals surface area (Å²) in [5, 5.41) is 39.3. The summed E-state index contributed by atoms with van der Waals surface area (Å²) in [4.78, 5) is 19.8. The van der Waals surface area contributed by atoms with Crippen molar-refractivity contribution in [2.24, 2.45) is 0 Å². The van der Waals surface area contributed by atoms with Crippen LogP contribution in [0.5, 0.6) is 11.5 Å². The van der Waals surface area contributed by atoms with Crippen LogP contribution in [0.3, 0.4) is 0 Å². The van der Waals surface area contributed by atoms with Gasteiger partial charge >= 0.3 is 5.97 Å². The molecule has 6 N–H and O–H groups in total. The second-order valence-corrected chi connectivity index (χ2v) is 7.26. The highest BCUT2D eigenvalue weighted by atomic mass is 16.6. The van der Waals surface area contributed by atoms with E-state index in [1.807, 2.05) is 0 Å². The Morgan fingerprint density at radius 1 is 0.943 bits per heavy atom. The third-order valence-electron chi connectivity index (χ3n) is 4.91. The zero-order valence-electron chi connectivity index (χ0n) is 17.8. The number of carboxylic acid groups (broad SMARTS) is 1. The molecule has 0 fully saturated rings. The molecule has 0 aliphatic heterocycles. The molecular weight excluding hydrogens is 458 g/mol. The Hall–Kier alpha value is -5.17. The Kier molecular flexibility index (Phi) is 5.57. The van der Waals surface area contributed by atoms with Crippen molar-refractivity contribution in [1.29, 1.82) is 0 Å². The highest BCUT2D eigenvalue weighted by molar-refractivity contribution is 5.89. The van der Waals surface area contributed by atoms with E-state index in [2.05, 4.69) is 41.1 Å². The summed E-state index contributed by atoms with van der Waals surface area (Å²) in [5.74, 6) is -0.228. The van der Waals surface area contributed by atoms with Crippen LogP contribution in [0.25, 0.3) is 22.6 Å². The third kappa shape index (κ3) is 4.51. The highest BCUT2D eigenvalue weighted by Crippen LogP contribution is 2.35. The number of phenolic OH excluding ortho intramolecular Hbond substituents is 2. The van der Waals surface area contributed by atoms with Crippen LogP contribution in [-0.4, -0.2) is 41.6 Å². The molecule has 0 saturated carbocycles. The number of nitrogens with one attached hydrogen (secondary N) is 3. The summed E-state index contributed by atoms with van der Waals surface area (Å²) >= 11 is 0. The lowest BCUT2D eigenvalue weighted by Crippen LogP contribution is -2.22. The lowest BCUT2D eigenvalue weighted by atomic mass is 10.1. The van der Waals surface area contributed by atoms with Crippen molar-refractivity contribution < 1.29 is 29.2 Å². The number of hydrazine groups is 1. The molecule has 5 aromatic rings. The van der Waals surface area contributed by atoms with Crippen molar-refractivity contribution in [1.82, 2.24) is 25.7 Å². The average Bonchev–Trinajstić information content (AvgIpc) is 3.51. The Bertz CT molecular complexity index is 1530. The van der Waals surface area contributed by atoms with Crippen LogP contribution in [0.4, 0.5) is 17.3 Å². The summed E-state index contributed by atoms with van der Waals surface area (Å²) in [7, 11) is 0. The van der Waals surface area contributed by atoms with Gasteiger partial charge in [0.15, 0.2) is 23.1 Å². The maximum atomic E-state index is 11.2. The first-order valence-electron chi connectivity index (χ1n) is 10.2. The topological polar surface area (TPSA) is 192 Å². The Morgan fingerprint density at radius 2 is 1.71 bits per heavy atom. The van der Waals surface area contributed by atoms with Crippen molar-refractivity contribution in [3.63, 3.8) is 0 Å². The zero-order valence-corrected chi connectivity index (χ0v) is 17.8. The lowest BCUT2D eigenvalue weighted by Gasteiger charge is -2.13. The zero-order chi connectivity index (χ0) is 24.4. The van der Waals surface area contributed by atoms with Gasteiger partial charge in [-0.25, -0.2) is 19.8 Å². The number of anilines is 3. The molecule has 2 aromatic carbocycles. The van der Waals surface area contributed by atoms with Crippen molar-refractivity contribution in [3.8, 4) is 22.8 Å². The van der Waals surface area contributed by atoms with Gasteiger partial charge in [-0.2, -0.15) is 4.98 Å². The normalized spacial score (nSPS) is 11.0. The van der Waals surface area contributed by atoms with Crippen molar-refractivity contribution in [2.75, 3.05) is 10.7 Å². The van der Waals surface area contributed by atoms with Crippen molar-refractivity contribution in [3.05, 3.63) is 65.9 Å². The van der Waals surface area contributed by atoms with Crippen molar-refractivity contribution in [2.45, 2.75) is 6.54 Å². The molecule has 13 nitrogen and oxygen atoms in total. The molecule has 0 bridgehead atoms. The lowest BCUT2D eigenvalue weighted by molar-refractivity contribution is 0.0697. The van der Waals surface area contributed by atoms with E-state index in [1.54, 1.807) is 36.4 Å². The van der Waals surface area contributed by atoms with E-state index in [9.17, 15) is 20.1 Å². The molecule has 0 aliphatic rings. The molecule has 0 amide bonds. The van der Waals surface area contributed by atoms with Crippen LogP contribution in [0, 0.1) is 0 Å². The number of aromatic nitrogens is 4. The molecule has 176 valence electrons. The molecule has 3 aromatic heterocycles. The first-order valence-corrected chi connectivity index (χ1v) is 10.2. The summed E-state index contributed by atoms with van der Waals surface area (Å²) in [6.45, 7) is 0.228. The monoisotopic (exact) mass is 475 g/mol.